The molecule has 100 valence electrons. The molecule has 0 aliphatic rings. The maximum atomic E-state index is 4.07. The summed E-state index contributed by atoms with van der Waals surface area (Å²) in [6.45, 7) is 0.787. The van der Waals surface area contributed by atoms with Crippen molar-refractivity contribution >= 4 is 21.6 Å². The predicted octanol–water partition coefficient (Wildman–Crippen LogP) is 4.25. The molecule has 0 saturated carbocycles. The van der Waals surface area contributed by atoms with Crippen LogP contribution in [0.1, 0.15) is 5.56 Å². The third-order valence-corrected chi connectivity index (χ3v) is 3.86. The number of hydrogen-bond donors (Lipinski definition) is 1. The molecule has 0 spiro atoms. The molecule has 0 aliphatic carbocycles. The van der Waals surface area contributed by atoms with Crippen LogP contribution in [0.15, 0.2) is 71.7 Å². The van der Waals surface area contributed by atoms with E-state index >= 15 is 0 Å². The molecular weight excluding hydrogens is 314 g/mol. The van der Waals surface area contributed by atoms with Crippen LogP contribution in [-0.4, -0.2) is 9.55 Å². The fourth-order valence-electron chi connectivity index (χ4n) is 2.03. The van der Waals surface area contributed by atoms with Crippen LogP contribution in [0.3, 0.4) is 0 Å². The zero-order chi connectivity index (χ0) is 13.8. The molecule has 4 heteroatoms. The molecule has 1 aromatic heterocycles. The average Bonchev–Trinajstić information content (AvgIpc) is 3.01. The van der Waals surface area contributed by atoms with Crippen LogP contribution in [0.5, 0.6) is 0 Å². The second kappa shape index (κ2) is 5.92. The average molecular weight is 328 g/mol. The minimum Gasteiger partial charge on any atom is -0.381 e. The van der Waals surface area contributed by atoms with Crippen LogP contribution in [0.4, 0.5) is 5.69 Å². The quantitative estimate of drug-likeness (QED) is 0.776. The van der Waals surface area contributed by atoms with Gasteiger partial charge >= 0.3 is 0 Å². The van der Waals surface area contributed by atoms with Crippen LogP contribution >= 0.6 is 15.9 Å². The smallest absolute Gasteiger partial charge is 0.0991 e. The number of aromatic nitrogens is 2. The summed E-state index contributed by atoms with van der Waals surface area (Å²) in [7, 11) is 0. The van der Waals surface area contributed by atoms with Crippen molar-refractivity contribution in [2.24, 2.45) is 0 Å². The molecule has 1 N–H and O–H groups in total. The van der Waals surface area contributed by atoms with E-state index in [-0.39, 0.29) is 0 Å². The van der Waals surface area contributed by atoms with Gasteiger partial charge in [-0.05, 0) is 29.8 Å². The van der Waals surface area contributed by atoms with E-state index in [0.717, 1.165) is 22.4 Å². The van der Waals surface area contributed by atoms with Crippen LogP contribution in [0.25, 0.3) is 5.69 Å². The van der Waals surface area contributed by atoms with Gasteiger partial charge in [-0.3, -0.25) is 0 Å². The van der Waals surface area contributed by atoms with Gasteiger partial charge in [-0.2, -0.15) is 0 Å². The summed E-state index contributed by atoms with van der Waals surface area (Å²) < 4.78 is 3.11. The molecule has 20 heavy (non-hydrogen) atoms. The van der Waals surface area contributed by atoms with Crippen molar-refractivity contribution in [3.05, 3.63) is 77.3 Å². The molecule has 0 saturated heterocycles. The normalized spacial score (nSPS) is 10.4. The highest BCUT2D eigenvalue weighted by Gasteiger charge is 2.00. The monoisotopic (exact) mass is 327 g/mol. The second-order valence-electron chi connectivity index (χ2n) is 4.47. The van der Waals surface area contributed by atoms with Crippen molar-refractivity contribution in [3.8, 4) is 5.69 Å². The highest BCUT2D eigenvalue weighted by molar-refractivity contribution is 9.10. The highest BCUT2D eigenvalue weighted by atomic mass is 79.9. The van der Waals surface area contributed by atoms with Gasteiger partial charge in [0.1, 0.15) is 0 Å². The first-order valence-corrected chi connectivity index (χ1v) is 7.18. The van der Waals surface area contributed by atoms with E-state index in [1.165, 1.54) is 5.56 Å². The number of hydrogen-bond acceptors (Lipinski definition) is 2. The molecule has 0 amide bonds. The van der Waals surface area contributed by atoms with E-state index in [2.05, 4.69) is 56.6 Å². The molecule has 0 atom stereocenters. The maximum Gasteiger partial charge on any atom is 0.0991 e. The largest absolute Gasteiger partial charge is 0.381 e. The third-order valence-electron chi connectivity index (χ3n) is 3.09. The molecule has 2 aromatic carbocycles. The summed E-state index contributed by atoms with van der Waals surface area (Å²) >= 11 is 3.56. The van der Waals surface area contributed by atoms with Crippen molar-refractivity contribution in [2.75, 3.05) is 5.32 Å². The molecular formula is C16H14BrN3. The Kier molecular flexibility index (Phi) is 3.83. The zero-order valence-electron chi connectivity index (χ0n) is 10.8. The molecule has 0 fully saturated rings. The number of nitrogens with one attached hydrogen (secondary N) is 1. The number of halogens is 1. The van der Waals surface area contributed by atoms with Crippen molar-refractivity contribution < 1.29 is 0 Å². The van der Waals surface area contributed by atoms with E-state index in [0.29, 0.717) is 0 Å². The predicted molar refractivity (Wildman–Crippen MR) is 85.0 cm³/mol. The van der Waals surface area contributed by atoms with Gasteiger partial charge in [0.2, 0.25) is 0 Å². The lowest BCUT2D eigenvalue weighted by Gasteiger charge is -2.10. The molecule has 0 radical (unpaired) electrons. The number of benzene rings is 2. The Hall–Kier alpha value is -2.07. The Morgan fingerprint density at radius 2 is 2.00 bits per heavy atom. The van der Waals surface area contributed by atoms with Crippen LogP contribution in [0.2, 0.25) is 0 Å². The lowest BCUT2D eigenvalue weighted by atomic mass is 10.2. The van der Waals surface area contributed by atoms with Crippen molar-refractivity contribution in [2.45, 2.75) is 6.54 Å². The summed E-state index contributed by atoms with van der Waals surface area (Å²) in [6, 6.07) is 16.5. The number of nitrogens with zero attached hydrogens (tertiary/aromatic N) is 2. The Labute approximate surface area is 126 Å². The number of imidazole rings is 1. The molecule has 3 nitrogen and oxygen atoms in total. The summed E-state index contributed by atoms with van der Waals surface area (Å²) in [4.78, 5) is 4.07. The summed E-state index contributed by atoms with van der Waals surface area (Å²) in [5.74, 6) is 0. The molecule has 0 bridgehead atoms. The van der Waals surface area contributed by atoms with Crippen LogP contribution < -0.4 is 5.32 Å². The SMILES string of the molecule is Brc1ccccc1CNc1cccc(-n2ccnc2)c1. The maximum absolute atomic E-state index is 4.07. The first kappa shape index (κ1) is 12.9. The fraction of sp³-hybridized carbons (Fsp3) is 0.0625. The van der Waals surface area contributed by atoms with Gasteiger partial charge in [0.25, 0.3) is 0 Å². The third kappa shape index (κ3) is 2.91. The van der Waals surface area contributed by atoms with Gasteiger partial charge in [0, 0.05) is 34.8 Å². The molecule has 0 aliphatic heterocycles. The fourth-order valence-corrected chi connectivity index (χ4v) is 2.45. The van der Waals surface area contributed by atoms with Gasteiger partial charge in [-0.1, -0.05) is 40.2 Å². The van der Waals surface area contributed by atoms with Gasteiger partial charge in [0.05, 0.1) is 6.33 Å². The first-order chi connectivity index (χ1) is 9.83. The van der Waals surface area contributed by atoms with Gasteiger partial charge in [-0.25, -0.2) is 4.98 Å². The van der Waals surface area contributed by atoms with Gasteiger partial charge in [-0.15, -0.1) is 0 Å². The lowest BCUT2D eigenvalue weighted by molar-refractivity contribution is 1.05. The minimum atomic E-state index is 0.787. The molecule has 1 heterocycles. The van der Waals surface area contributed by atoms with Gasteiger partial charge in [0.15, 0.2) is 0 Å². The van der Waals surface area contributed by atoms with Crippen molar-refractivity contribution in [3.63, 3.8) is 0 Å². The van der Waals surface area contributed by atoms with Crippen LogP contribution in [0, 0.1) is 0 Å². The Morgan fingerprint density at radius 1 is 1.10 bits per heavy atom. The highest BCUT2D eigenvalue weighted by Crippen LogP contribution is 2.19. The zero-order valence-corrected chi connectivity index (χ0v) is 12.4. The van der Waals surface area contributed by atoms with E-state index < -0.39 is 0 Å². The topological polar surface area (TPSA) is 29.9 Å². The van der Waals surface area contributed by atoms with Gasteiger partial charge < -0.3 is 9.88 Å². The summed E-state index contributed by atoms with van der Waals surface area (Å²) in [6.07, 6.45) is 5.51. The summed E-state index contributed by atoms with van der Waals surface area (Å²) in [5, 5.41) is 3.44. The first-order valence-electron chi connectivity index (χ1n) is 6.38. The molecule has 0 unspecified atom stereocenters. The standard InChI is InChI=1S/C16H14BrN3/c17-16-7-2-1-4-13(16)11-19-14-5-3-6-15(10-14)20-9-8-18-12-20/h1-10,12,19H,11H2. The van der Waals surface area contributed by atoms with E-state index in [1.807, 2.05) is 29.0 Å². The number of rotatable bonds is 4. The van der Waals surface area contributed by atoms with E-state index in [1.54, 1.807) is 12.5 Å². The van der Waals surface area contributed by atoms with E-state index in [4.69, 9.17) is 0 Å². The second-order valence-corrected chi connectivity index (χ2v) is 5.32. The van der Waals surface area contributed by atoms with Crippen LogP contribution in [-0.2, 0) is 6.54 Å². The number of anilines is 1. The van der Waals surface area contributed by atoms with Crippen molar-refractivity contribution in [1.29, 1.82) is 0 Å². The molecule has 3 rings (SSSR count). The Morgan fingerprint density at radius 3 is 2.80 bits per heavy atom. The lowest BCUT2D eigenvalue weighted by Crippen LogP contribution is -2.01. The summed E-state index contributed by atoms with van der Waals surface area (Å²) in [5.41, 5.74) is 3.42. The minimum absolute atomic E-state index is 0.787. The molecule has 3 aromatic rings. The van der Waals surface area contributed by atoms with Crippen molar-refractivity contribution in [1.82, 2.24) is 9.55 Å². The van der Waals surface area contributed by atoms with E-state index in [9.17, 15) is 0 Å². The Bertz CT molecular complexity index is 692. The Balaban J connectivity index is 1.75.